The third-order valence-corrected chi connectivity index (χ3v) is 6.80. The predicted octanol–water partition coefficient (Wildman–Crippen LogP) is 8.47. The van der Waals surface area contributed by atoms with E-state index >= 15 is 0 Å². The number of hydrogen-bond donors (Lipinski definition) is 0. The number of nitrogens with zero attached hydrogens (tertiary/aromatic N) is 3. The van der Waals surface area contributed by atoms with Gasteiger partial charge in [-0.15, -0.1) is 0 Å². The summed E-state index contributed by atoms with van der Waals surface area (Å²) in [7, 11) is 0. The van der Waals surface area contributed by atoms with E-state index in [0.717, 1.165) is 50.9 Å². The van der Waals surface area contributed by atoms with Gasteiger partial charge in [-0.05, 0) is 65.6 Å². The number of rotatable bonds is 3. The zero-order valence-corrected chi connectivity index (χ0v) is 21.3. The molecule has 1 aliphatic heterocycles. The molecule has 2 aromatic heterocycles. The molecular formula is C33H29N3O. The predicted molar refractivity (Wildman–Crippen MR) is 151 cm³/mol. The Hall–Kier alpha value is -4.44. The fraction of sp³-hybridized carbons (Fsp3) is 0.152. The average Bonchev–Trinajstić information content (AvgIpc) is 3.10. The van der Waals surface area contributed by atoms with E-state index in [1.54, 1.807) is 0 Å². The molecule has 4 heteroatoms. The molecule has 0 aliphatic carbocycles. The van der Waals surface area contributed by atoms with Crippen molar-refractivity contribution in [2.45, 2.75) is 32.8 Å². The zero-order valence-electron chi connectivity index (χ0n) is 21.3. The Labute approximate surface area is 218 Å². The monoisotopic (exact) mass is 483 g/mol. The van der Waals surface area contributed by atoms with Crippen molar-refractivity contribution in [2.75, 3.05) is 4.90 Å². The number of anilines is 3. The summed E-state index contributed by atoms with van der Waals surface area (Å²) >= 11 is 0. The van der Waals surface area contributed by atoms with Gasteiger partial charge in [-0.3, -0.25) is 9.97 Å². The molecule has 0 spiro atoms. The SMILES string of the molecule is CC(C)(C)c1ccnc(-c2ccc3c(c2)N(c2cccc(-c4ccccn4)c2)c2ccccc2OC3)c1. The molecule has 1 aliphatic rings. The van der Waals surface area contributed by atoms with Crippen molar-refractivity contribution in [3.05, 3.63) is 121 Å². The summed E-state index contributed by atoms with van der Waals surface area (Å²) in [6.45, 7) is 7.19. The average molecular weight is 484 g/mol. The van der Waals surface area contributed by atoms with Crippen molar-refractivity contribution < 1.29 is 4.74 Å². The van der Waals surface area contributed by atoms with Crippen LogP contribution in [0.4, 0.5) is 17.1 Å². The summed E-state index contributed by atoms with van der Waals surface area (Å²) < 4.78 is 6.28. The second-order valence-electron chi connectivity index (χ2n) is 10.4. The topological polar surface area (TPSA) is 38.2 Å². The molecule has 0 saturated carbocycles. The number of pyridine rings is 2. The third kappa shape index (κ3) is 4.47. The molecule has 3 aromatic carbocycles. The smallest absolute Gasteiger partial charge is 0.143 e. The highest BCUT2D eigenvalue weighted by Gasteiger charge is 2.24. The minimum Gasteiger partial charge on any atom is -0.487 e. The van der Waals surface area contributed by atoms with E-state index in [0.29, 0.717) is 6.61 Å². The second kappa shape index (κ2) is 9.21. The van der Waals surface area contributed by atoms with Crippen LogP contribution < -0.4 is 9.64 Å². The van der Waals surface area contributed by atoms with E-state index in [1.807, 2.05) is 42.7 Å². The van der Waals surface area contributed by atoms with E-state index in [1.165, 1.54) is 5.56 Å². The Bertz CT molecular complexity index is 1570. The summed E-state index contributed by atoms with van der Waals surface area (Å²) in [5.41, 5.74) is 9.64. The van der Waals surface area contributed by atoms with E-state index < -0.39 is 0 Å². The highest BCUT2D eigenvalue weighted by molar-refractivity contribution is 5.86. The Kier molecular flexibility index (Phi) is 5.72. The molecule has 5 aromatic rings. The van der Waals surface area contributed by atoms with E-state index in [9.17, 15) is 0 Å². The van der Waals surface area contributed by atoms with Crippen molar-refractivity contribution in [3.8, 4) is 28.3 Å². The van der Waals surface area contributed by atoms with Crippen LogP contribution in [0.15, 0.2) is 109 Å². The molecule has 182 valence electrons. The first-order valence-corrected chi connectivity index (χ1v) is 12.6. The largest absolute Gasteiger partial charge is 0.487 e. The molecule has 0 saturated heterocycles. The molecule has 0 amide bonds. The summed E-state index contributed by atoms with van der Waals surface area (Å²) in [6.07, 6.45) is 3.74. The maximum absolute atomic E-state index is 6.28. The Morgan fingerprint density at radius 3 is 2.32 bits per heavy atom. The molecule has 0 unspecified atom stereocenters. The van der Waals surface area contributed by atoms with Gasteiger partial charge in [0.05, 0.1) is 22.8 Å². The summed E-state index contributed by atoms with van der Waals surface area (Å²) in [5.74, 6) is 0.858. The van der Waals surface area contributed by atoms with E-state index in [2.05, 4.69) is 97.4 Å². The first kappa shape index (κ1) is 23.0. The number of fused-ring (bicyclic) bond motifs is 2. The maximum atomic E-state index is 6.28. The molecule has 0 bridgehead atoms. The number of aromatic nitrogens is 2. The molecule has 0 radical (unpaired) electrons. The minimum absolute atomic E-state index is 0.0497. The van der Waals surface area contributed by atoms with Gasteiger partial charge in [-0.1, -0.05) is 63.2 Å². The van der Waals surface area contributed by atoms with Crippen LogP contribution >= 0.6 is 0 Å². The van der Waals surface area contributed by atoms with Gasteiger partial charge in [0.15, 0.2) is 0 Å². The number of para-hydroxylation sites is 2. The molecule has 4 nitrogen and oxygen atoms in total. The van der Waals surface area contributed by atoms with Gasteiger partial charge in [0.1, 0.15) is 12.4 Å². The molecule has 0 N–H and O–H groups in total. The van der Waals surface area contributed by atoms with Crippen molar-refractivity contribution >= 4 is 17.1 Å². The first-order chi connectivity index (χ1) is 18.0. The normalized spacial score (nSPS) is 12.8. The highest BCUT2D eigenvalue weighted by Crippen LogP contribution is 2.46. The maximum Gasteiger partial charge on any atom is 0.143 e. The third-order valence-electron chi connectivity index (χ3n) is 6.80. The number of ether oxygens (including phenoxy) is 1. The Morgan fingerprint density at radius 1 is 0.676 bits per heavy atom. The van der Waals surface area contributed by atoms with Gasteiger partial charge in [0, 0.05) is 34.8 Å². The van der Waals surface area contributed by atoms with Crippen molar-refractivity contribution in [3.63, 3.8) is 0 Å². The van der Waals surface area contributed by atoms with Crippen molar-refractivity contribution in [1.29, 1.82) is 0 Å². The van der Waals surface area contributed by atoms with Crippen molar-refractivity contribution in [2.24, 2.45) is 0 Å². The van der Waals surface area contributed by atoms with Crippen molar-refractivity contribution in [1.82, 2.24) is 9.97 Å². The van der Waals surface area contributed by atoms with Crippen LogP contribution in [0.2, 0.25) is 0 Å². The van der Waals surface area contributed by atoms with Gasteiger partial charge in [0.2, 0.25) is 0 Å². The molecule has 37 heavy (non-hydrogen) atoms. The van der Waals surface area contributed by atoms with Gasteiger partial charge < -0.3 is 9.64 Å². The van der Waals surface area contributed by atoms with Crippen LogP contribution in [0.25, 0.3) is 22.5 Å². The van der Waals surface area contributed by atoms with Gasteiger partial charge >= 0.3 is 0 Å². The van der Waals surface area contributed by atoms with E-state index in [-0.39, 0.29) is 5.41 Å². The van der Waals surface area contributed by atoms with Crippen LogP contribution in [0.5, 0.6) is 5.75 Å². The lowest BCUT2D eigenvalue weighted by atomic mass is 9.87. The van der Waals surface area contributed by atoms with Gasteiger partial charge in [-0.2, -0.15) is 0 Å². The Morgan fingerprint density at radius 2 is 1.49 bits per heavy atom. The van der Waals surface area contributed by atoms with Gasteiger partial charge in [-0.25, -0.2) is 0 Å². The van der Waals surface area contributed by atoms with Crippen LogP contribution in [0.3, 0.4) is 0 Å². The molecule has 0 atom stereocenters. The summed E-state index contributed by atoms with van der Waals surface area (Å²) in [6, 6.07) is 33.6. The molecule has 6 rings (SSSR count). The molecule has 0 fully saturated rings. The number of benzene rings is 3. The van der Waals surface area contributed by atoms with E-state index in [4.69, 9.17) is 9.72 Å². The standard InChI is InChI=1S/C33H29N3O/c1-33(2,3)26-16-18-35-29(21-26)24-14-15-25-22-37-32-13-5-4-12-30(32)36(31(25)20-24)27-10-8-9-23(19-27)28-11-6-7-17-34-28/h4-21H,22H2,1-3H3. The fourth-order valence-electron chi connectivity index (χ4n) is 4.77. The lowest BCUT2D eigenvalue weighted by Gasteiger charge is -2.27. The van der Waals surface area contributed by atoms with Crippen LogP contribution in [0, 0.1) is 0 Å². The summed E-state index contributed by atoms with van der Waals surface area (Å²) in [5, 5.41) is 0. The van der Waals surface area contributed by atoms with Crippen LogP contribution in [-0.4, -0.2) is 9.97 Å². The van der Waals surface area contributed by atoms with Crippen LogP contribution in [-0.2, 0) is 12.0 Å². The lowest BCUT2D eigenvalue weighted by molar-refractivity contribution is 0.310. The summed E-state index contributed by atoms with van der Waals surface area (Å²) in [4.78, 5) is 11.6. The molecule has 3 heterocycles. The fourth-order valence-corrected chi connectivity index (χ4v) is 4.77. The number of hydrogen-bond acceptors (Lipinski definition) is 4. The van der Waals surface area contributed by atoms with Crippen LogP contribution in [0.1, 0.15) is 31.9 Å². The zero-order chi connectivity index (χ0) is 25.4. The first-order valence-electron chi connectivity index (χ1n) is 12.6. The Balaban J connectivity index is 1.53. The highest BCUT2D eigenvalue weighted by atomic mass is 16.5. The quantitative estimate of drug-likeness (QED) is 0.258. The lowest BCUT2D eigenvalue weighted by Crippen LogP contribution is -2.12. The minimum atomic E-state index is 0.0497. The second-order valence-corrected chi connectivity index (χ2v) is 10.4. The van der Waals surface area contributed by atoms with Gasteiger partial charge in [0.25, 0.3) is 0 Å². The molecular weight excluding hydrogens is 454 g/mol.